The highest BCUT2D eigenvalue weighted by atomic mass is 32.2. The minimum absolute atomic E-state index is 0.0756. The summed E-state index contributed by atoms with van der Waals surface area (Å²) in [6.45, 7) is 0.0756. The lowest BCUT2D eigenvalue weighted by Gasteiger charge is -2.07. The summed E-state index contributed by atoms with van der Waals surface area (Å²) in [5.74, 6) is 7.57. The third-order valence-electron chi connectivity index (χ3n) is 2.80. The highest BCUT2D eigenvalue weighted by Crippen LogP contribution is 2.25. The molecule has 6 heteroatoms. The average molecular weight is 303 g/mol. The van der Waals surface area contributed by atoms with Gasteiger partial charge in [-0.3, -0.25) is 0 Å². The molecule has 5 nitrogen and oxygen atoms in total. The molecule has 110 valence electrons. The van der Waals surface area contributed by atoms with Crippen LogP contribution in [0.2, 0.25) is 0 Å². The maximum atomic E-state index is 8.81. The number of thioether (sulfide) groups is 1. The summed E-state index contributed by atoms with van der Waals surface area (Å²) in [6, 6.07) is 5.81. The smallest absolute Gasteiger partial charge is 0.191 e. The molecule has 0 saturated heterocycles. The second-order valence-corrected chi connectivity index (χ2v) is 5.25. The van der Waals surface area contributed by atoms with E-state index in [2.05, 4.69) is 22.0 Å². The van der Waals surface area contributed by atoms with E-state index in [1.807, 2.05) is 29.8 Å². The van der Waals surface area contributed by atoms with Gasteiger partial charge in [-0.2, -0.15) is 0 Å². The van der Waals surface area contributed by atoms with Crippen molar-refractivity contribution in [1.82, 2.24) is 14.8 Å². The number of ether oxygens (including phenoxy) is 1. The molecule has 0 radical (unpaired) electrons. The number of nitrogens with zero attached hydrogens (tertiary/aromatic N) is 3. The van der Waals surface area contributed by atoms with Crippen molar-refractivity contribution in [3.63, 3.8) is 0 Å². The lowest BCUT2D eigenvalue weighted by Crippen LogP contribution is -1.94. The Morgan fingerprint density at radius 3 is 2.95 bits per heavy atom. The van der Waals surface area contributed by atoms with Gasteiger partial charge in [-0.05, 0) is 23.8 Å². The Bertz CT molecular complexity index is 658. The van der Waals surface area contributed by atoms with Gasteiger partial charge in [0.1, 0.15) is 12.1 Å². The van der Waals surface area contributed by atoms with Crippen LogP contribution in [0, 0.1) is 11.8 Å². The first-order valence-electron chi connectivity index (χ1n) is 6.48. The molecular weight excluding hydrogens is 286 g/mol. The summed E-state index contributed by atoms with van der Waals surface area (Å²) in [5.41, 5.74) is 2.02. The first kappa shape index (κ1) is 15.4. The Morgan fingerprint density at radius 2 is 2.29 bits per heavy atom. The van der Waals surface area contributed by atoms with Gasteiger partial charge in [0.05, 0.1) is 13.7 Å². The largest absolute Gasteiger partial charge is 0.497 e. The van der Waals surface area contributed by atoms with Gasteiger partial charge in [-0.25, -0.2) is 0 Å². The Morgan fingerprint density at radius 1 is 1.43 bits per heavy atom. The molecule has 21 heavy (non-hydrogen) atoms. The second-order valence-electron chi connectivity index (χ2n) is 4.31. The molecule has 0 bridgehead atoms. The standard InChI is InChI=1S/C15H17N3O2S/c1-18-11-16-17-15(18)21-10-13-9-14(20-2)7-6-12(13)5-3-4-8-19/h6-7,9,11,19H,4,8,10H2,1-2H3. The van der Waals surface area contributed by atoms with Crippen LogP contribution in [-0.4, -0.2) is 33.6 Å². The molecule has 0 spiro atoms. The molecule has 0 aliphatic heterocycles. The maximum absolute atomic E-state index is 8.81. The van der Waals surface area contributed by atoms with E-state index in [1.54, 1.807) is 25.2 Å². The van der Waals surface area contributed by atoms with Crippen molar-refractivity contribution in [1.29, 1.82) is 0 Å². The molecule has 0 fully saturated rings. The fraction of sp³-hybridized carbons (Fsp3) is 0.333. The Hall–Kier alpha value is -1.97. The van der Waals surface area contributed by atoms with E-state index in [1.165, 1.54) is 0 Å². The van der Waals surface area contributed by atoms with Gasteiger partial charge in [0.2, 0.25) is 0 Å². The van der Waals surface area contributed by atoms with Crippen molar-refractivity contribution >= 4 is 11.8 Å². The number of hydrogen-bond acceptors (Lipinski definition) is 5. The van der Waals surface area contributed by atoms with Gasteiger partial charge < -0.3 is 14.4 Å². The highest BCUT2D eigenvalue weighted by molar-refractivity contribution is 7.98. The van der Waals surface area contributed by atoms with E-state index in [-0.39, 0.29) is 6.61 Å². The van der Waals surface area contributed by atoms with Crippen molar-refractivity contribution in [2.24, 2.45) is 7.05 Å². The van der Waals surface area contributed by atoms with Gasteiger partial charge >= 0.3 is 0 Å². The summed E-state index contributed by atoms with van der Waals surface area (Å²) >= 11 is 1.60. The minimum atomic E-state index is 0.0756. The predicted octanol–water partition coefficient (Wildman–Crippen LogP) is 1.85. The molecule has 0 unspecified atom stereocenters. The third kappa shape index (κ3) is 4.25. The molecule has 1 aromatic carbocycles. The lowest BCUT2D eigenvalue weighted by atomic mass is 10.1. The zero-order valence-electron chi connectivity index (χ0n) is 12.0. The summed E-state index contributed by atoms with van der Waals surface area (Å²) in [5, 5.41) is 17.6. The topological polar surface area (TPSA) is 60.2 Å². The van der Waals surface area contributed by atoms with Crippen molar-refractivity contribution in [3.05, 3.63) is 35.7 Å². The van der Waals surface area contributed by atoms with Crippen LogP contribution in [0.3, 0.4) is 0 Å². The average Bonchev–Trinajstić information content (AvgIpc) is 2.91. The van der Waals surface area contributed by atoms with E-state index in [0.29, 0.717) is 6.42 Å². The SMILES string of the molecule is COc1ccc(C#CCCO)c(CSc2nncn2C)c1. The van der Waals surface area contributed by atoms with Crippen LogP contribution in [0.4, 0.5) is 0 Å². The summed E-state index contributed by atoms with van der Waals surface area (Å²) in [7, 11) is 3.56. The molecule has 1 heterocycles. The van der Waals surface area contributed by atoms with Crippen LogP contribution < -0.4 is 4.74 Å². The van der Waals surface area contributed by atoms with Crippen molar-refractivity contribution < 1.29 is 9.84 Å². The van der Waals surface area contributed by atoms with Crippen LogP contribution in [0.25, 0.3) is 0 Å². The van der Waals surface area contributed by atoms with E-state index >= 15 is 0 Å². The molecule has 1 N–H and O–H groups in total. The summed E-state index contributed by atoms with van der Waals surface area (Å²) in [4.78, 5) is 0. The molecule has 0 aliphatic rings. The number of methoxy groups -OCH3 is 1. The van der Waals surface area contributed by atoms with E-state index < -0.39 is 0 Å². The number of hydrogen-bond donors (Lipinski definition) is 1. The Balaban J connectivity index is 2.19. The molecule has 0 amide bonds. The fourth-order valence-electron chi connectivity index (χ4n) is 1.70. The quantitative estimate of drug-likeness (QED) is 0.675. The van der Waals surface area contributed by atoms with Gasteiger partial charge in [0, 0.05) is 24.8 Å². The van der Waals surface area contributed by atoms with Gasteiger partial charge in [0.15, 0.2) is 5.16 Å². The molecule has 2 aromatic rings. The second kappa shape index (κ2) is 7.72. The first-order valence-corrected chi connectivity index (χ1v) is 7.46. The molecular formula is C15H17N3O2S. The first-order chi connectivity index (χ1) is 10.2. The Kier molecular flexibility index (Phi) is 5.67. The van der Waals surface area contributed by atoms with Crippen molar-refractivity contribution in [3.8, 4) is 17.6 Å². The molecule has 2 rings (SSSR count). The third-order valence-corrected chi connectivity index (χ3v) is 3.88. The van der Waals surface area contributed by atoms with Crippen LogP contribution in [0.15, 0.2) is 29.7 Å². The van der Waals surface area contributed by atoms with Crippen LogP contribution in [0.5, 0.6) is 5.75 Å². The minimum Gasteiger partial charge on any atom is -0.497 e. The van der Waals surface area contributed by atoms with Gasteiger partial charge in [-0.1, -0.05) is 23.6 Å². The lowest BCUT2D eigenvalue weighted by molar-refractivity contribution is 0.305. The zero-order chi connectivity index (χ0) is 15.1. The maximum Gasteiger partial charge on any atom is 0.191 e. The zero-order valence-corrected chi connectivity index (χ0v) is 12.9. The summed E-state index contributed by atoms with van der Waals surface area (Å²) in [6.07, 6.45) is 2.15. The number of aliphatic hydroxyl groups excluding tert-OH is 1. The monoisotopic (exact) mass is 303 g/mol. The molecule has 1 aromatic heterocycles. The molecule has 0 aliphatic carbocycles. The van der Waals surface area contributed by atoms with E-state index in [9.17, 15) is 0 Å². The van der Waals surface area contributed by atoms with Crippen molar-refractivity contribution in [2.75, 3.05) is 13.7 Å². The Labute approximate surface area is 128 Å². The number of aryl methyl sites for hydroxylation is 1. The van der Waals surface area contributed by atoms with Crippen LogP contribution in [0.1, 0.15) is 17.5 Å². The number of aliphatic hydroxyl groups is 1. The van der Waals surface area contributed by atoms with E-state index in [0.717, 1.165) is 27.8 Å². The molecule has 0 atom stereocenters. The van der Waals surface area contributed by atoms with Gasteiger partial charge in [0.25, 0.3) is 0 Å². The normalized spacial score (nSPS) is 10.0. The van der Waals surface area contributed by atoms with E-state index in [4.69, 9.17) is 9.84 Å². The fourth-order valence-corrected chi connectivity index (χ4v) is 2.58. The van der Waals surface area contributed by atoms with Crippen LogP contribution in [-0.2, 0) is 12.8 Å². The number of aromatic nitrogens is 3. The molecule has 0 saturated carbocycles. The number of rotatable bonds is 5. The number of benzene rings is 1. The van der Waals surface area contributed by atoms with Crippen molar-refractivity contribution in [2.45, 2.75) is 17.3 Å². The van der Waals surface area contributed by atoms with Crippen LogP contribution >= 0.6 is 11.8 Å². The predicted molar refractivity (Wildman–Crippen MR) is 82.1 cm³/mol. The summed E-state index contributed by atoms with van der Waals surface area (Å²) < 4.78 is 7.14. The van der Waals surface area contributed by atoms with Gasteiger partial charge in [-0.15, -0.1) is 10.2 Å². The highest BCUT2D eigenvalue weighted by Gasteiger charge is 2.07.